The van der Waals surface area contributed by atoms with Gasteiger partial charge < -0.3 is 20.1 Å². The van der Waals surface area contributed by atoms with Crippen LogP contribution >= 0.6 is 12.4 Å². The minimum absolute atomic E-state index is 0. The van der Waals surface area contributed by atoms with E-state index in [0.717, 1.165) is 42.9 Å². The quantitative estimate of drug-likeness (QED) is 0.889. The van der Waals surface area contributed by atoms with Gasteiger partial charge in [0.15, 0.2) is 11.5 Å². The molecule has 1 unspecified atom stereocenters. The van der Waals surface area contributed by atoms with E-state index in [-0.39, 0.29) is 23.9 Å². The van der Waals surface area contributed by atoms with E-state index in [1.54, 1.807) is 0 Å². The highest BCUT2D eigenvalue weighted by molar-refractivity contribution is 5.86. The number of carbonyl (C=O) groups excluding carboxylic acids is 1. The van der Waals surface area contributed by atoms with Crippen LogP contribution in [0.3, 0.4) is 0 Å². The number of benzene rings is 1. The molecule has 1 amide bonds. The van der Waals surface area contributed by atoms with Crippen LogP contribution in [0.4, 0.5) is 0 Å². The molecule has 122 valence electrons. The van der Waals surface area contributed by atoms with Crippen LogP contribution in [-0.4, -0.2) is 31.2 Å². The Bertz CT molecular complexity index is 530. The first-order valence-corrected chi connectivity index (χ1v) is 7.65. The maximum atomic E-state index is 12.4. The van der Waals surface area contributed by atoms with Gasteiger partial charge in [0.1, 0.15) is 13.2 Å². The van der Waals surface area contributed by atoms with Crippen LogP contribution in [0.1, 0.15) is 31.7 Å². The number of halogens is 1. The average Bonchev–Trinajstić information content (AvgIpc) is 3.02. The van der Waals surface area contributed by atoms with Crippen molar-refractivity contribution in [3.63, 3.8) is 0 Å². The highest BCUT2D eigenvalue weighted by Crippen LogP contribution is 2.30. The van der Waals surface area contributed by atoms with E-state index in [1.807, 2.05) is 18.2 Å². The van der Waals surface area contributed by atoms with Gasteiger partial charge in [-0.2, -0.15) is 0 Å². The summed E-state index contributed by atoms with van der Waals surface area (Å²) < 4.78 is 11.1. The molecule has 1 fully saturated rings. The van der Waals surface area contributed by atoms with Crippen molar-refractivity contribution in [1.82, 2.24) is 10.6 Å². The summed E-state index contributed by atoms with van der Waals surface area (Å²) in [5.74, 6) is 1.63. The maximum Gasteiger partial charge on any atom is 0.240 e. The molecule has 22 heavy (non-hydrogen) atoms. The monoisotopic (exact) mass is 326 g/mol. The first-order valence-electron chi connectivity index (χ1n) is 7.65. The van der Waals surface area contributed by atoms with E-state index < -0.39 is 0 Å². The summed E-state index contributed by atoms with van der Waals surface area (Å²) in [7, 11) is 0. The summed E-state index contributed by atoms with van der Waals surface area (Å²) in [6.07, 6.45) is 2.79. The molecule has 0 aromatic heterocycles. The van der Waals surface area contributed by atoms with Crippen LogP contribution in [0, 0.1) is 0 Å². The van der Waals surface area contributed by atoms with Gasteiger partial charge in [0.25, 0.3) is 0 Å². The van der Waals surface area contributed by atoms with Gasteiger partial charge >= 0.3 is 0 Å². The molecule has 6 heteroatoms. The molecule has 0 saturated carbocycles. The highest BCUT2D eigenvalue weighted by Gasteiger charge is 2.38. The van der Waals surface area contributed by atoms with Gasteiger partial charge in [-0.3, -0.25) is 4.79 Å². The normalized spacial score (nSPS) is 22.8. The van der Waals surface area contributed by atoms with Gasteiger partial charge in [-0.25, -0.2) is 0 Å². The number of fused-ring (bicyclic) bond motifs is 1. The van der Waals surface area contributed by atoms with Gasteiger partial charge in [-0.15, -0.1) is 12.4 Å². The van der Waals surface area contributed by atoms with Crippen molar-refractivity contribution in [2.24, 2.45) is 0 Å². The van der Waals surface area contributed by atoms with Gasteiger partial charge in [0, 0.05) is 6.54 Å². The van der Waals surface area contributed by atoms with Crippen molar-refractivity contribution in [3.8, 4) is 11.5 Å². The Balaban J connectivity index is 0.00000176. The van der Waals surface area contributed by atoms with E-state index in [9.17, 15) is 4.79 Å². The van der Waals surface area contributed by atoms with Crippen LogP contribution in [-0.2, 0) is 11.3 Å². The number of rotatable bonds is 4. The molecule has 2 aliphatic heterocycles. The third kappa shape index (κ3) is 3.31. The van der Waals surface area contributed by atoms with Gasteiger partial charge in [-0.05, 0) is 43.5 Å². The van der Waals surface area contributed by atoms with Gasteiger partial charge in [0.2, 0.25) is 5.91 Å². The zero-order valence-corrected chi connectivity index (χ0v) is 13.6. The topological polar surface area (TPSA) is 59.6 Å². The third-order valence-electron chi connectivity index (χ3n) is 4.34. The van der Waals surface area contributed by atoms with Crippen LogP contribution in [0.15, 0.2) is 18.2 Å². The molecule has 0 radical (unpaired) electrons. The summed E-state index contributed by atoms with van der Waals surface area (Å²) in [5, 5.41) is 6.39. The van der Waals surface area contributed by atoms with E-state index >= 15 is 0 Å². The molecule has 0 aliphatic carbocycles. The molecule has 2 heterocycles. The van der Waals surface area contributed by atoms with Gasteiger partial charge in [0.05, 0.1) is 5.54 Å². The van der Waals surface area contributed by atoms with Crippen LogP contribution in [0.2, 0.25) is 0 Å². The zero-order chi connectivity index (χ0) is 14.7. The predicted octanol–water partition coefficient (Wildman–Crippen LogP) is 2.03. The summed E-state index contributed by atoms with van der Waals surface area (Å²) in [6, 6.07) is 5.81. The summed E-state index contributed by atoms with van der Waals surface area (Å²) >= 11 is 0. The molecule has 0 spiro atoms. The number of amides is 1. The molecule has 1 aromatic carbocycles. The SMILES string of the molecule is CCC1(C(=O)NCc2ccc3c(c2)OCCO3)CCCN1.Cl. The molecule has 3 rings (SSSR count). The van der Waals surface area contributed by atoms with Crippen LogP contribution < -0.4 is 20.1 Å². The third-order valence-corrected chi connectivity index (χ3v) is 4.34. The fraction of sp³-hybridized carbons (Fsp3) is 0.562. The molecule has 2 aliphatic rings. The molecular formula is C16H23ClN2O3. The van der Waals surface area contributed by atoms with Crippen molar-refractivity contribution in [1.29, 1.82) is 0 Å². The predicted molar refractivity (Wildman–Crippen MR) is 86.8 cm³/mol. The number of hydrogen-bond donors (Lipinski definition) is 2. The number of ether oxygens (including phenoxy) is 2. The number of carbonyl (C=O) groups is 1. The smallest absolute Gasteiger partial charge is 0.240 e. The first-order chi connectivity index (χ1) is 10.2. The van der Waals surface area contributed by atoms with Crippen LogP contribution in [0.5, 0.6) is 11.5 Å². The van der Waals surface area contributed by atoms with Crippen molar-refractivity contribution in [2.75, 3.05) is 19.8 Å². The summed E-state index contributed by atoms with van der Waals surface area (Å²) in [4.78, 5) is 12.4. The molecule has 1 aromatic rings. The standard InChI is InChI=1S/C16H22N2O3.ClH/c1-2-16(6-3-7-18-16)15(19)17-11-12-4-5-13-14(10-12)21-9-8-20-13;/h4-5,10,18H,2-3,6-9,11H2,1H3,(H,17,19);1H. The molecule has 1 atom stereocenters. The van der Waals surface area contributed by atoms with Crippen molar-refractivity contribution in [2.45, 2.75) is 38.3 Å². The Morgan fingerprint density at radius 3 is 2.77 bits per heavy atom. The second-order valence-corrected chi connectivity index (χ2v) is 5.63. The Labute approximate surface area is 137 Å². The van der Waals surface area contributed by atoms with Crippen molar-refractivity contribution >= 4 is 18.3 Å². The zero-order valence-electron chi connectivity index (χ0n) is 12.8. The van der Waals surface area contributed by atoms with Crippen LogP contribution in [0.25, 0.3) is 0 Å². The summed E-state index contributed by atoms with van der Waals surface area (Å²) in [5.41, 5.74) is 0.644. The van der Waals surface area contributed by atoms with Gasteiger partial charge in [-0.1, -0.05) is 13.0 Å². The average molecular weight is 327 g/mol. The van der Waals surface area contributed by atoms with Crippen molar-refractivity contribution < 1.29 is 14.3 Å². The second kappa shape index (κ2) is 7.20. The first kappa shape index (κ1) is 16.9. The fourth-order valence-corrected chi connectivity index (χ4v) is 3.01. The lowest BCUT2D eigenvalue weighted by Gasteiger charge is -2.26. The maximum absolute atomic E-state index is 12.4. The largest absolute Gasteiger partial charge is 0.486 e. The Morgan fingerprint density at radius 1 is 1.32 bits per heavy atom. The highest BCUT2D eigenvalue weighted by atomic mass is 35.5. The second-order valence-electron chi connectivity index (χ2n) is 5.63. The lowest BCUT2D eigenvalue weighted by atomic mass is 9.93. The van der Waals surface area contributed by atoms with E-state index in [1.165, 1.54) is 0 Å². The van der Waals surface area contributed by atoms with E-state index in [4.69, 9.17) is 9.47 Å². The lowest BCUT2D eigenvalue weighted by molar-refractivity contribution is -0.127. The number of nitrogens with one attached hydrogen (secondary N) is 2. The Kier molecular flexibility index (Phi) is 5.53. The summed E-state index contributed by atoms with van der Waals surface area (Å²) in [6.45, 7) is 4.66. The molecule has 2 N–H and O–H groups in total. The Hall–Kier alpha value is -1.46. The van der Waals surface area contributed by atoms with Crippen molar-refractivity contribution in [3.05, 3.63) is 23.8 Å². The fourth-order valence-electron chi connectivity index (χ4n) is 3.01. The lowest BCUT2D eigenvalue weighted by Crippen LogP contribution is -2.52. The Morgan fingerprint density at radius 2 is 2.09 bits per heavy atom. The molecule has 1 saturated heterocycles. The minimum Gasteiger partial charge on any atom is -0.486 e. The molecule has 0 bridgehead atoms. The number of hydrogen-bond acceptors (Lipinski definition) is 4. The molecular weight excluding hydrogens is 304 g/mol. The molecule has 5 nitrogen and oxygen atoms in total. The van der Waals surface area contributed by atoms with E-state index in [0.29, 0.717) is 19.8 Å². The van der Waals surface area contributed by atoms with E-state index in [2.05, 4.69) is 17.6 Å². The minimum atomic E-state index is -0.381.